The quantitative estimate of drug-likeness (QED) is 0.796. The standard InChI is InChI=1S/C14H21NO2/c1-10(7-11-3-4-11)15-9-12-8-13(17-2)5-6-14(12)16/h5-6,8,10-11,15-16H,3-4,7,9H2,1-2H3. The Hall–Kier alpha value is -1.22. The highest BCUT2D eigenvalue weighted by Crippen LogP contribution is 2.33. The van der Waals surface area contributed by atoms with Crippen molar-refractivity contribution in [1.82, 2.24) is 5.32 Å². The second-order valence-electron chi connectivity index (χ2n) is 4.96. The van der Waals surface area contributed by atoms with Crippen LogP contribution in [0.3, 0.4) is 0 Å². The summed E-state index contributed by atoms with van der Waals surface area (Å²) in [6, 6.07) is 5.84. The van der Waals surface area contributed by atoms with Gasteiger partial charge in [-0.15, -0.1) is 0 Å². The van der Waals surface area contributed by atoms with Crippen molar-refractivity contribution in [2.45, 2.75) is 38.8 Å². The number of methoxy groups -OCH3 is 1. The van der Waals surface area contributed by atoms with E-state index in [9.17, 15) is 5.11 Å². The molecular formula is C14H21NO2. The van der Waals surface area contributed by atoms with Gasteiger partial charge in [-0.05, 0) is 37.5 Å². The first kappa shape index (κ1) is 12.2. The van der Waals surface area contributed by atoms with Crippen molar-refractivity contribution < 1.29 is 9.84 Å². The molecule has 0 bridgehead atoms. The third-order valence-corrected chi connectivity index (χ3v) is 3.31. The van der Waals surface area contributed by atoms with Gasteiger partial charge in [0.15, 0.2) is 0 Å². The van der Waals surface area contributed by atoms with Gasteiger partial charge < -0.3 is 15.2 Å². The van der Waals surface area contributed by atoms with Crippen LogP contribution in [-0.2, 0) is 6.54 Å². The van der Waals surface area contributed by atoms with Gasteiger partial charge in [0.05, 0.1) is 7.11 Å². The minimum absolute atomic E-state index is 0.330. The van der Waals surface area contributed by atoms with E-state index in [2.05, 4.69) is 12.2 Å². The van der Waals surface area contributed by atoms with Gasteiger partial charge in [0, 0.05) is 18.2 Å². The van der Waals surface area contributed by atoms with Crippen LogP contribution in [0.5, 0.6) is 11.5 Å². The largest absolute Gasteiger partial charge is 0.508 e. The van der Waals surface area contributed by atoms with Crippen LogP contribution in [0.25, 0.3) is 0 Å². The first-order chi connectivity index (χ1) is 8.19. The molecule has 0 aromatic heterocycles. The molecule has 0 heterocycles. The number of hydrogen-bond acceptors (Lipinski definition) is 3. The highest BCUT2D eigenvalue weighted by molar-refractivity contribution is 5.39. The van der Waals surface area contributed by atoms with Crippen LogP contribution >= 0.6 is 0 Å². The molecule has 17 heavy (non-hydrogen) atoms. The average Bonchev–Trinajstić information content (AvgIpc) is 3.12. The molecule has 0 radical (unpaired) electrons. The van der Waals surface area contributed by atoms with E-state index in [-0.39, 0.29) is 0 Å². The monoisotopic (exact) mass is 235 g/mol. The molecule has 1 aromatic carbocycles. The first-order valence-electron chi connectivity index (χ1n) is 6.28. The summed E-state index contributed by atoms with van der Waals surface area (Å²) in [6.45, 7) is 2.90. The van der Waals surface area contributed by atoms with E-state index in [1.54, 1.807) is 19.2 Å². The van der Waals surface area contributed by atoms with E-state index < -0.39 is 0 Å². The van der Waals surface area contributed by atoms with Crippen LogP contribution in [0.2, 0.25) is 0 Å². The van der Waals surface area contributed by atoms with Gasteiger partial charge in [0.1, 0.15) is 11.5 Å². The lowest BCUT2D eigenvalue weighted by molar-refractivity contribution is 0.408. The number of hydrogen-bond donors (Lipinski definition) is 2. The van der Waals surface area contributed by atoms with Crippen molar-refractivity contribution in [3.05, 3.63) is 23.8 Å². The lowest BCUT2D eigenvalue weighted by Gasteiger charge is -2.14. The van der Waals surface area contributed by atoms with Gasteiger partial charge in [-0.1, -0.05) is 12.8 Å². The molecule has 2 rings (SSSR count). The Morgan fingerprint density at radius 2 is 2.24 bits per heavy atom. The summed E-state index contributed by atoms with van der Waals surface area (Å²) >= 11 is 0. The number of rotatable bonds is 6. The van der Waals surface area contributed by atoms with Gasteiger partial charge in [0.2, 0.25) is 0 Å². The second kappa shape index (κ2) is 5.41. The summed E-state index contributed by atoms with van der Waals surface area (Å²) in [7, 11) is 1.64. The van der Waals surface area contributed by atoms with Gasteiger partial charge in [-0.3, -0.25) is 0 Å². The number of aromatic hydroxyl groups is 1. The summed E-state index contributed by atoms with van der Waals surface area (Å²) in [4.78, 5) is 0. The van der Waals surface area contributed by atoms with Crippen molar-refractivity contribution >= 4 is 0 Å². The van der Waals surface area contributed by atoms with E-state index in [4.69, 9.17) is 4.74 Å². The van der Waals surface area contributed by atoms with E-state index >= 15 is 0 Å². The zero-order chi connectivity index (χ0) is 12.3. The zero-order valence-corrected chi connectivity index (χ0v) is 10.6. The lowest BCUT2D eigenvalue weighted by Crippen LogP contribution is -2.25. The normalized spacial score (nSPS) is 16.8. The summed E-state index contributed by atoms with van der Waals surface area (Å²) in [5.41, 5.74) is 0.895. The molecule has 0 saturated heterocycles. The molecule has 1 fully saturated rings. The highest BCUT2D eigenvalue weighted by Gasteiger charge is 2.23. The van der Waals surface area contributed by atoms with Crippen LogP contribution in [0.4, 0.5) is 0 Å². The van der Waals surface area contributed by atoms with E-state index in [1.807, 2.05) is 6.07 Å². The first-order valence-corrected chi connectivity index (χ1v) is 6.28. The molecule has 0 amide bonds. The Kier molecular flexibility index (Phi) is 3.89. The summed E-state index contributed by atoms with van der Waals surface area (Å²) in [6.07, 6.45) is 4.01. The lowest BCUT2D eigenvalue weighted by atomic mass is 10.1. The van der Waals surface area contributed by atoms with E-state index in [1.165, 1.54) is 19.3 Å². The maximum Gasteiger partial charge on any atom is 0.120 e. The number of phenols is 1. The molecule has 3 heteroatoms. The van der Waals surface area contributed by atoms with Crippen molar-refractivity contribution in [1.29, 1.82) is 0 Å². The van der Waals surface area contributed by atoms with Crippen LogP contribution in [-0.4, -0.2) is 18.3 Å². The Morgan fingerprint density at radius 1 is 1.47 bits per heavy atom. The molecule has 3 nitrogen and oxygen atoms in total. The van der Waals surface area contributed by atoms with E-state index in [0.29, 0.717) is 18.3 Å². The van der Waals surface area contributed by atoms with Gasteiger partial charge in [0.25, 0.3) is 0 Å². The summed E-state index contributed by atoms with van der Waals surface area (Å²) < 4.78 is 5.15. The molecule has 0 aliphatic heterocycles. The van der Waals surface area contributed by atoms with Crippen LogP contribution in [0.15, 0.2) is 18.2 Å². The fourth-order valence-corrected chi connectivity index (χ4v) is 2.05. The molecule has 1 saturated carbocycles. The van der Waals surface area contributed by atoms with Crippen molar-refractivity contribution in [2.24, 2.45) is 5.92 Å². The number of phenolic OH excluding ortho intramolecular Hbond substituents is 1. The third kappa shape index (κ3) is 3.63. The summed E-state index contributed by atoms with van der Waals surface area (Å²) in [5, 5.41) is 13.2. The fourth-order valence-electron chi connectivity index (χ4n) is 2.05. The number of nitrogens with one attached hydrogen (secondary N) is 1. The Labute approximate surface area is 103 Å². The molecule has 1 aliphatic rings. The topological polar surface area (TPSA) is 41.5 Å². The summed E-state index contributed by atoms with van der Waals surface area (Å²) in [5.74, 6) is 2.04. The minimum Gasteiger partial charge on any atom is -0.508 e. The molecule has 94 valence electrons. The molecule has 1 atom stereocenters. The molecule has 1 aromatic rings. The maximum atomic E-state index is 9.74. The smallest absolute Gasteiger partial charge is 0.120 e. The minimum atomic E-state index is 0.330. The van der Waals surface area contributed by atoms with Gasteiger partial charge >= 0.3 is 0 Å². The zero-order valence-electron chi connectivity index (χ0n) is 10.6. The Morgan fingerprint density at radius 3 is 2.88 bits per heavy atom. The SMILES string of the molecule is COc1ccc(O)c(CNC(C)CC2CC2)c1. The highest BCUT2D eigenvalue weighted by atomic mass is 16.5. The average molecular weight is 235 g/mol. The maximum absolute atomic E-state index is 9.74. The molecule has 1 aliphatic carbocycles. The van der Waals surface area contributed by atoms with Gasteiger partial charge in [-0.2, -0.15) is 0 Å². The van der Waals surface area contributed by atoms with Crippen LogP contribution in [0, 0.1) is 5.92 Å². The molecular weight excluding hydrogens is 214 g/mol. The van der Waals surface area contributed by atoms with Crippen molar-refractivity contribution in [2.75, 3.05) is 7.11 Å². The van der Waals surface area contributed by atoms with E-state index in [0.717, 1.165) is 17.2 Å². The number of benzene rings is 1. The third-order valence-electron chi connectivity index (χ3n) is 3.31. The second-order valence-corrected chi connectivity index (χ2v) is 4.96. The predicted molar refractivity (Wildman–Crippen MR) is 68.3 cm³/mol. The molecule has 2 N–H and O–H groups in total. The number of ether oxygens (including phenoxy) is 1. The Bertz CT molecular complexity index is 374. The van der Waals surface area contributed by atoms with Gasteiger partial charge in [-0.25, -0.2) is 0 Å². The van der Waals surface area contributed by atoms with Crippen molar-refractivity contribution in [3.63, 3.8) is 0 Å². The van der Waals surface area contributed by atoms with Crippen LogP contribution < -0.4 is 10.1 Å². The fraction of sp³-hybridized carbons (Fsp3) is 0.571. The Balaban J connectivity index is 1.87. The molecule has 1 unspecified atom stereocenters. The molecule has 0 spiro atoms. The van der Waals surface area contributed by atoms with Crippen molar-refractivity contribution in [3.8, 4) is 11.5 Å². The predicted octanol–water partition coefficient (Wildman–Crippen LogP) is 2.68. The van der Waals surface area contributed by atoms with Crippen LogP contribution in [0.1, 0.15) is 31.7 Å².